The van der Waals surface area contributed by atoms with E-state index >= 15 is 0 Å². The molecule has 2 aromatic heterocycles. The molecule has 2 N–H and O–H groups in total. The molecule has 0 amide bonds. The fraction of sp³-hybridized carbons (Fsp3) is 0.231. The smallest absolute Gasteiger partial charge is 0.240 e. The van der Waals surface area contributed by atoms with Crippen LogP contribution in [0.15, 0.2) is 82.1 Å². The molecule has 2 unspecified atom stereocenters. The second-order valence-corrected chi connectivity index (χ2v) is 13.4. The maximum Gasteiger partial charge on any atom is 0.240 e. The molecule has 10 heteroatoms. The van der Waals surface area contributed by atoms with Gasteiger partial charge in [0, 0.05) is 22.8 Å². The van der Waals surface area contributed by atoms with E-state index in [0.717, 1.165) is 53.3 Å². The summed E-state index contributed by atoms with van der Waals surface area (Å²) >= 11 is 3.34. The van der Waals surface area contributed by atoms with Gasteiger partial charge in [-0.05, 0) is 85.7 Å². The molecular formula is C26H24N6S4. The third-order valence-electron chi connectivity index (χ3n) is 5.70. The lowest BCUT2D eigenvalue weighted by Gasteiger charge is -2.37. The number of thiazole rings is 2. The summed E-state index contributed by atoms with van der Waals surface area (Å²) in [6, 6.07) is 16.5. The quantitative estimate of drug-likeness (QED) is 0.258. The zero-order valence-corrected chi connectivity index (χ0v) is 23.5. The largest absolute Gasteiger partial charge is 0.350 e. The highest BCUT2D eigenvalue weighted by Gasteiger charge is 2.45. The standard InChI is InChI=1S/C26H24N6S4/c1-15-13-16(2)30-25(29-15,23-27-19-9-5-7-11-21(19)33-23)35-36-26(31-17(3)14-18(4)32-26)24-28-20-10-6-8-12-22(20)34-24/h5-14,29,31H,1-4H3. The summed E-state index contributed by atoms with van der Waals surface area (Å²) in [6.45, 7) is 8.22. The van der Waals surface area contributed by atoms with Crippen LogP contribution >= 0.6 is 44.3 Å². The van der Waals surface area contributed by atoms with Crippen molar-refractivity contribution in [1.29, 1.82) is 0 Å². The third-order valence-corrected chi connectivity index (χ3v) is 11.3. The molecule has 0 saturated heterocycles. The zero-order valence-electron chi connectivity index (χ0n) is 20.2. The number of aliphatic imine (C=N–C) groups is 2. The second-order valence-electron chi connectivity index (χ2n) is 8.84. The first kappa shape index (κ1) is 23.7. The van der Waals surface area contributed by atoms with Crippen LogP contribution in [-0.2, 0) is 9.99 Å². The van der Waals surface area contributed by atoms with Crippen molar-refractivity contribution in [3.63, 3.8) is 0 Å². The minimum absolute atomic E-state index is 0.791. The van der Waals surface area contributed by atoms with E-state index in [1.165, 1.54) is 0 Å². The van der Waals surface area contributed by atoms with Crippen LogP contribution in [0, 0.1) is 0 Å². The zero-order chi connectivity index (χ0) is 24.9. The van der Waals surface area contributed by atoms with E-state index in [1.54, 1.807) is 44.3 Å². The summed E-state index contributed by atoms with van der Waals surface area (Å²) in [6.07, 6.45) is 4.13. The van der Waals surface area contributed by atoms with E-state index < -0.39 is 9.99 Å². The molecule has 0 saturated carbocycles. The molecule has 0 aliphatic carbocycles. The average Bonchev–Trinajstić information content (AvgIpc) is 3.47. The molecule has 0 bridgehead atoms. The minimum atomic E-state index is -0.791. The number of nitrogens with zero attached hydrogens (tertiary/aromatic N) is 4. The molecule has 2 atom stereocenters. The number of aromatic nitrogens is 2. The Morgan fingerprint density at radius 2 is 1.06 bits per heavy atom. The molecule has 0 radical (unpaired) electrons. The predicted octanol–water partition coefficient (Wildman–Crippen LogP) is 7.14. The Labute approximate surface area is 225 Å². The molecule has 4 aromatic rings. The number of allylic oxidation sites excluding steroid dienone is 4. The minimum Gasteiger partial charge on any atom is -0.350 e. The Morgan fingerprint density at radius 1 is 0.639 bits per heavy atom. The Kier molecular flexibility index (Phi) is 5.94. The van der Waals surface area contributed by atoms with Crippen molar-refractivity contribution in [2.24, 2.45) is 9.98 Å². The Morgan fingerprint density at radius 3 is 1.44 bits per heavy atom. The van der Waals surface area contributed by atoms with E-state index in [2.05, 4.69) is 60.9 Å². The van der Waals surface area contributed by atoms with Crippen LogP contribution in [0.4, 0.5) is 0 Å². The van der Waals surface area contributed by atoms with Crippen LogP contribution in [0.25, 0.3) is 20.4 Å². The van der Waals surface area contributed by atoms with Crippen molar-refractivity contribution in [2.45, 2.75) is 37.7 Å². The predicted molar refractivity (Wildman–Crippen MR) is 158 cm³/mol. The van der Waals surface area contributed by atoms with Crippen LogP contribution in [0.3, 0.4) is 0 Å². The van der Waals surface area contributed by atoms with E-state index in [0.29, 0.717) is 0 Å². The van der Waals surface area contributed by atoms with Gasteiger partial charge in [-0.25, -0.2) is 20.0 Å². The van der Waals surface area contributed by atoms with Gasteiger partial charge in [-0.3, -0.25) is 0 Å². The van der Waals surface area contributed by atoms with Crippen LogP contribution in [-0.4, -0.2) is 21.4 Å². The molecule has 0 fully saturated rings. The number of rotatable bonds is 5. The lowest BCUT2D eigenvalue weighted by molar-refractivity contribution is 0.552. The molecule has 2 aliphatic rings. The number of benzene rings is 2. The van der Waals surface area contributed by atoms with Gasteiger partial charge in [0.05, 0.1) is 20.4 Å². The first-order valence-electron chi connectivity index (χ1n) is 11.5. The number of fused-ring (bicyclic) bond motifs is 2. The fourth-order valence-electron chi connectivity index (χ4n) is 4.36. The normalized spacial score (nSPS) is 24.0. The van der Waals surface area contributed by atoms with Crippen LogP contribution in [0.2, 0.25) is 0 Å². The van der Waals surface area contributed by atoms with Gasteiger partial charge in [-0.1, -0.05) is 24.3 Å². The Balaban J connectivity index is 1.45. The molecular weight excluding hydrogens is 525 g/mol. The molecule has 0 spiro atoms. The average molecular weight is 549 g/mol. The maximum atomic E-state index is 5.13. The monoisotopic (exact) mass is 548 g/mol. The topological polar surface area (TPSA) is 74.6 Å². The molecule has 6 nitrogen and oxygen atoms in total. The highest BCUT2D eigenvalue weighted by Crippen LogP contribution is 2.55. The first-order valence-corrected chi connectivity index (χ1v) is 15.3. The number of hydrogen-bond donors (Lipinski definition) is 2. The highest BCUT2D eigenvalue weighted by atomic mass is 33.1. The van der Waals surface area contributed by atoms with Crippen molar-refractivity contribution in [2.75, 3.05) is 0 Å². The van der Waals surface area contributed by atoms with Gasteiger partial charge in [-0.2, -0.15) is 0 Å². The summed E-state index contributed by atoms with van der Waals surface area (Å²) in [4.78, 5) is 18.7. The molecule has 6 rings (SSSR count). The van der Waals surface area contributed by atoms with Crippen molar-refractivity contribution < 1.29 is 0 Å². The molecule has 2 aliphatic heterocycles. The summed E-state index contributed by atoms with van der Waals surface area (Å²) < 4.78 is 2.28. The van der Waals surface area contributed by atoms with Crippen molar-refractivity contribution >= 4 is 76.1 Å². The number of nitrogens with one attached hydrogen (secondary N) is 2. The van der Waals surface area contributed by atoms with E-state index in [-0.39, 0.29) is 0 Å². The van der Waals surface area contributed by atoms with E-state index in [1.807, 2.05) is 38.1 Å². The Bertz CT molecular complexity index is 1430. The Hall–Kier alpha value is -2.66. The summed E-state index contributed by atoms with van der Waals surface area (Å²) in [5.74, 6) is 0. The molecule has 4 heterocycles. The maximum absolute atomic E-state index is 5.13. The van der Waals surface area contributed by atoms with Crippen LogP contribution in [0.5, 0.6) is 0 Å². The molecule has 2 aromatic carbocycles. The van der Waals surface area contributed by atoms with Crippen molar-refractivity contribution in [1.82, 2.24) is 20.6 Å². The molecule has 182 valence electrons. The van der Waals surface area contributed by atoms with Gasteiger partial charge < -0.3 is 10.6 Å². The van der Waals surface area contributed by atoms with Gasteiger partial charge in [-0.15, -0.1) is 22.7 Å². The highest BCUT2D eigenvalue weighted by molar-refractivity contribution is 8.77. The summed E-state index contributed by atoms with van der Waals surface area (Å²) in [5, 5.41) is 9.13. The lowest BCUT2D eigenvalue weighted by Crippen LogP contribution is -2.42. The van der Waals surface area contributed by atoms with Crippen molar-refractivity contribution in [3.8, 4) is 0 Å². The van der Waals surface area contributed by atoms with Gasteiger partial charge in [0.25, 0.3) is 0 Å². The van der Waals surface area contributed by atoms with Crippen molar-refractivity contribution in [3.05, 3.63) is 82.1 Å². The van der Waals surface area contributed by atoms with Crippen LogP contribution in [0.1, 0.15) is 37.7 Å². The van der Waals surface area contributed by atoms with Gasteiger partial charge in [0.1, 0.15) is 0 Å². The SMILES string of the molecule is CC1=CC(C)=NC(SSC2(c3nc4ccccc4s3)N=C(C)C=C(C)N2)(c2nc3ccccc3s2)N1. The van der Waals surface area contributed by atoms with Gasteiger partial charge >= 0.3 is 0 Å². The summed E-state index contributed by atoms with van der Waals surface area (Å²) in [7, 11) is 3.26. The summed E-state index contributed by atoms with van der Waals surface area (Å²) in [5.41, 5.74) is 5.98. The third kappa shape index (κ3) is 4.26. The van der Waals surface area contributed by atoms with Crippen LogP contribution < -0.4 is 10.6 Å². The van der Waals surface area contributed by atoms with Gasteiger partial charge in [0.2, 0.25) is 9.99 Å². The van der Waals surface area contributed by atoms with Gasteiger partial charge in [0.15, 0.2) is 10.0 Å². The van der Waals surface area contributed by atoms with E-state index in [9.17, 15) is 0 Å². The first-order chi connectivity index (χ1) is 17.3. The number of para-hydroxylation sites is 2. The fourth-order valence-corrected chi connectivity index (χ4v) is 9.99. The van der Waals surface area contributed by atoms with E-state index in [4.69, 9.17) is 20.0 Å². The lowest BCUT2D eigenvalue weighted by atomic mass is 10.2. The second kappa shape index (κ2) is 9.02. The number of hydrogen-bond acceptors (Lipinski definition) is 10. The molecule has 36 heavy (non-hydrogen) atoms.